The predicted octanol–water partition coefficient (Wildman–Crippen LogP) is 2.70. The van der Waals surface area contributed by atoms with Crippen molar-refractivity contribution in [3.63, 3.8) is 0 Å². The summed E-state index contributed by atoms with van der Waals surface area (Å²) in [7, 11) is 1.48. The first-order valence-electron chi connectivity index (χ1n) is 11.1. The highest BCUT2D eigenvalue weighted by atomic mass is 19.4. The summed E-state index contributed by atoms with van der Waals surface area (Å²) in [6, 6.07) is 6.08. The second-order valence-electron chi connectivity index (χ2n) is 8.28. The van der Waals surface area contributed by atoms with Crippen LogP contribution in [-0.4, -0.2) is 67.3 Å². The van der Waals surface area contributed by atoms with E-state index in [2.05, 4.69) is 25.4 Å². The second-order valence-corrected chi connectivity index (χ2v) is 8.28. The predicted molar refractivity (Wildman–Crippen MR) is 120 cm³/mol. The zero-order chi connectivity index (χ0) is 26.2. The Morgan fingerprint density at radius 3 is 2.81 bits per heavy atom. The number of hydrogen-bond acceptors (Lipinski definition) is 9. The van der Waals surface area contributed by atoms with Crippen LogP contribution in [0.15, 0.2) is 28.8 Å². The van der Waals surface area contributed by atoms with E-state index in [1.165, 1.54) is 16.5 Å². The molecule has 0 radical (unpaired) electrons. The number of hydrogen-bond donors (Lipinski definition) is 1. The van der Waals surface area contributed by atoms with Crippen molar-refractivity contribution in [2.45, 2.75) is 32.7 Å². The largest absolute Gasteiger partial charge is 0.491 e. The summed E-state index contributed by atoms with van der Waals surface area (Å²) in [5, 5.41) is 18.5. The summed E-state index contributed by atoms with van der Waals surface area (Å²) in [6.07, 6.45) is -4.07. The highest BCUT2D eigenvalue weighted by Crippen LogP contribution is 2.28. The molecule has 4 aromatic rings. The van der Waals surface area contributed by atoms with Gasteiger partial charge >= 0.3 is 12.2 Å². The number of ether oxygens (including phenoxy) is 2. The molecule has 1 aliphatic rings. The number of nitrogens with one attached hydrogen (secondary N) is 1. The van der Waals surface area contributed by atoms with Gasteiger partial charge in [0.15, 0.2) is 17.1 Å². The van der Waals surface area contributed by atoms with Gasteiger partial charge in [-0.2, -0.15) is 17.7 Å². The lowest BCUT2D eigenvalue weighted by atomic mass is 10.1. The van der Waals surface area contributed by atoms with E-state index in [9.17, 15) is 18.0 Å². The van der Waals surface area contributed by atoms with Gasteiger partial charge in [0, 0.05) is 37.3 Å². The van der Waals surface area contributed by atoms with Gasteiger partial charge in [-0.1, -0.05) is 11.2 Å². The van der Waals surface area contributed by atoms with Crippen LogP contribution in [0.1, 0.15) is 22.7 Å². The van der Waals surface area contributed by atoms with E-state index in [0.29, 0.717) is 40.8 Å². The summed E-state index contributed by atoms with van der Waals surface area (Å²) in [6.45, 7) is 0.867. The van der Waals surface area contributed by atoms with E-state index in [1.54, 1.807) is 31.2 Å². The Bertz CT molecular complexity index is 1450. The lowest BCUT2D eigenvalue weighted by Gasteiger charge is -2.28. The van der Waals surface area contributed by atoms with E-state index < -0.39 is 18.8 Å². The Kier molecular flexibility index (Phi) is 6.27. The Balaban J connectivity index is 1.29. The first-order chi connectivity index (χ1) is 17.7. The maximum Gasteiger partial charge on any atom is 0.405 e. The van der Waals surface area contributed by atoms with Gasteiger partial charge in [0.05, 0.1) is 12.8 Å². The molecule has 0 atom stereocenters. The lowest BCUT2D eigenvalue weighted by molar-refractivity contribution is -0.123. The molecule has 15 heteroatoms. The molecule has 0 fully saturated rings. The van der Waals surface area contributed by atoms with Crippen molar-refractivity contribution < 1.29 is 32.0 Å². The number of fused-ring (bicyclic) bond motifs is 2. The summed E-state index contributed by atoms with van der Waals surface area (Å²) < 4.78 is 55.0. The molecular formula is C22H21F3N8O4. The minimum atomic E-state index is -4.47. The molecule has 4 aromatic heterocycles. The van der Waals surface area contributed by atoms with Crippen LogP contribution in [0, 0.1) is 6.92 Å². The molecule has 37 heavy (non-hydrogen) atoms. The fourth-order valence-electron chi connectivity index (χ4n) is 3.82. The second kappa shape index (κ2) is 9.55. The van der Waals surface area contributed by atoms with Crippen molar-refractivity contribution in [1.82, 2.24) is 40.2 Å². The van der Waals surface area contributed by atoms with E-state index in [4.69, 9.17) is 14.0 Å². The molecule has 2 amide bonds. The van der Waals surface area contributed by atoms with Gasteiger partial charge in [-0.25, -0.2) is 4.79 Å². The number of halogens is 3. The van der Waals surface area contributed by atoms with Crippen LogP contribution < -0.4 is 14.8 Å². The SMILES string of the molecule is COc1cc2nnc(-c3cc(C)on3)n2nc1OCc1ccc2c(n1)CCN(C(=O)NCC(F)(F)F)C2. The van der Waals surface area contributed by atoms with Crippen LogP contribution in [0.2, 0.25) is 0 Å². The van der Waals surface area contributed by atoms with Crippen molar-refractivity contribution >= 4 is 11.7 Å². The molecule has 0 saturated carbocycles. The zero-order valence-electron chi connectivity index (χ0n) is 19.7. The van der Waals surface area contributed by atoms with Crippen molar-refractivity contribution in [1.29, 1.82) is 0 Å². The normalized spacial score (nSPS) is 13.5. The van der Waals surface area contributed by atoms with Gasteiger partial charge in [-0.05, 0) is 18.6 Å². The number of urea groups is 1. The number of aromatic nitrogens is 6. The van der Waals surface area contributed by atoms with Crippen LogP contribution in [0.3, 0.4) is 0 Å². The van der Waals surface area contributed by atoms with Crippen LogP contribution in [0.25, 0.3) is 17.2 Å². The molecule has 12 nitrogen and oxygen atoms in total. The zero-order valence-corrected chi connectivity index (χ0v) is 19.7. The number of nitrogens with zero attached hydrogens (tertiary/aromatic N) is 7. The number of amides is 2. The molecule has 5 heterocycles. The summed E-state index contributed by atoms with van der Waals surface area (Å²) in [4.78, 5) is 18.0. The topological polar surface area (TPSA) is 133 Å². The Hall–Kier alpha value is -4.43. The van der Waals surface area contributed by atoms with Gasteiger partial charge in [-0.3, -0.25) is 4.98 Å². The van der Waals surface area contributed by atoms with Crippen molar-refractivity contribution in [3.05, 3.63) is 47.0 Å². The number of alkyl halides is 3. The van der Waals surface area contributed by atoms with Crippen LogP contribution in [-0.2, 0) is 19.6 Å². The number of carbonyl (C=O) groups is 1. The third-order valence-corrected chi connectivity index (χ3v) is 5.59. The highest BCUT2D eigenvalue weighted by molar-refractivity contribution is 5.74. The molecule has 0 bridgehead atoms. The minimum Gasteiger partial charge on any atom is -0.491 e. The monoisotopic (exact) mass is 518 g/mol. The van der Waals surface area contributed by atoms with Gasteiger partial charge in [0.2, 0.25) is 5.82 Å². The molecule has 1 N–H and O–H groups in total. The summed E-state index contributed by atoms with van der Waals surface area (Å²) in [5.41, 5.74) is 3.00. The average Bonchev–Trinajstić information content (AvgIpc) is 3.49. The van der Waals surface area contributed by atoms with E-state index >= 15 is 0 Å². The minimum absolute atomic E-state index is 0.0679. The number of aryl methyl sites for hydroxylation is 1. The smallest absolute Gasteiger partial charge is 0.405 e. The van der Waals surface area contributed by atoms with E-state index in [-0.39, 0.29) is 25.6 Å². The lowest BCUT2D eigenvalue weighted by Crippen LogP contribution is -2.45. The standard InChI is InChI=1S/C22H21F3N8O4/c1-12-7-16(31-37-12)19-29-28-18-8-17(35-2)20(30-33(18)19)36-10-14-4-3-13-9-32(6-5-15(13)27-14)21(34)26-11-22(23,24)25/h3-4,7-8H,5-6,9-11H2,1-2H3,(H,26,34). The maximum absolute atomic E-state index is 12.4. The van der Waals surface area contributed by atoms with E-state index in [0.717, 1.165) is 11.3 Å². The molecule has 0 unspecified atom stereocenters. The molecule has 0 aliphatic carbocycles. The Morgan fingerprint density at radius 1 is 1.24 bits per heavy atom. The van der Waals surface area contributed by atoms with Crippen molar-refractivity contribution in [2.24, 2.45) is 0 Å². The third kappa shape index (κ3) is 5.24. The van der Waals surface area contributed by atoms with Crippen molar-refractivity contribution in [2.75, 3.05) is 20.2 Å². The molecule has 194 valence electrons. The quantitative estimate of drug-likeness (QED) is 0.409. The van der Waals surface area contributed by atoms with Crippen LogP contribution >= 0.6 is 0 Å². The van der Waals surface area contributed by atoms with Crippen LogP contribution in [0.4, 0.5) is 18.0 Å². The Labute approximate surface area is 207 Å². The van der Waals surface area contributed by atoms with Gasteiger partial charge in [-0.15, -0.1) is 15.3 Å². The first-order valence-corrected chi connectivity index (χ1v) is 11.1. The average molecular weight is 518 g/mol. The number of pyridine rings is 1. The van der Waals surface area contributed by atoms with Gasteiger partial charge in [0.1, 0.15) is 18.9 Å². The fourth-order valence-corrected chi connectivity index (χ4v) is 3.82. The Morgan fingerprint density at radius 2 is 2.08 bits per heavy atom. The number of rotatable bonds is 6. The van der Waals surface area contributed by atoms with Gasteiger partial charge < -0.3 is 24.2 Å². The van der Waals surface area contributed by atoms with Gasteiger partial charge in [0.25, 0.3) is 5.88 Å². The summed E-state index contributed by atoms with van der Waals surface area (Å²) >= 11 is 0. The maximum atomic E-state index is 12.4. The van der Waals surface area contributed by atoms with E-state index in [1.807, 2.05) is 5.32 Å². The third-order valence-electron chi connectivity index (χ3n) is 5.59. The number of methoxy groups -OCH3 is 1. The molecule has 0 spiro atoms. The fraction of sp³-hybridized carbons (Fsp3) is 0.364. The number of carbonyl (C=O) groups excluding carboxylic acids is 1. The molecule has 0 aromatic carbocycles. The first kappa shape index (κ1) is 24.3. The summed E-state index contributed by atoms with van der Waals surface area (Å²) in [5.74, 6) is 1.51. The molecule has 5 rings (SSSR count). The molecule has 0 saturated heterocycles. The van der Waals surface area contributed by atoms with Crippen molar-refractivity contribution in [3.8, 4) is 23.1 Å². The van der Waals surface area contributed by atoms with Crippen LogP contribution in [0.5, 0.6) is 11.6 Å². The highest BCUT2D eigenvalue weighted by Gasteiger charge is 2.30. The molecular weight excluding hydrogens is 497 g/mol. The molecule has 1 aliphatic heterocycles.